The molecule has 0 fully saturated rings. The molecule has 4 nitrogen and oxygen atoms in total. The standard InChI is InChI=1S/C17H18N2O2/c1-12-6-8-14(21-12)11-19-17(20)9-7-13-10-18-16-5-3-2-4-15(13)16/h2-6,8,10,18H,7,9,11H2,1H3,(H,19,20). The Kier molecular flexibility index (Phi) is 3.77. The number of carbonyl (C=O) groups excluding carboxylic acids is 1. The minimum absolute atomic E-state index is 0.0364. The molecular weight excluding hydrogens is 264 g/mol. The topological polar surface area (TPSA) is 58.0 Å². The first-order valence-electron chi connectivity index (χ1n) is 7.09. The molecule has 108 valence electrons. The summed E-state index contributed by atoms with van der Waals surface area (Å²) in [5.74, 6) is 1.68. The van der Waals surface area contributed by atoms with Gasteiger partial charge >= 0.3 is 0 Å². The van der Waals surface area contributed by atoms with Crippen LogP contribution in [0.15, 0.2) is 47.0 Å². The van der Waals surface area contributed by atoms with E-state index in [1.165, 1.54) is 10.9 Å². The summed E-state index contributed by atoms with van der Waals surface area (Å²) in [6.07, 6.45) is 3.18. The predicted molar refractivity (Wildman–Crippen MR) is 81.9 cm³/mol. The van der Waals surface area contributed by atoms with Gasteiger partial charge in [0.1, 0.15) is 11.5 Å². The Labute approximate surface area is 123 Å². The molecule has 0 unspecified atom stereocenters. The average molecular weight is 282 g/mol. The molecule has 0 aliphatic rings. The molecule has 0 atom stereocenters. The smallest absolute Gasteiger partial charge is 0.220 e. The molecule has 0 saturated heterocycles. The van der Waals surface area contributed by atoms with Gasteiger partial charge in [-0.05, 0) is 37.1 Å². The van der Waals surface area contributed by atoms with Gasteiger partial charge in [0.05, 0.1) is 6.54 Å². The lowest BCUT2D eigenvalue weighted by Gasteiger charge is -2.03. The van der Waals surface area contributed by atoms with Crippen molar-refractivity contribution in [3.63, 3.8) is 0 Å². The summed E-state index contributed by atoms with van der Waals surface area (Å²) >= 11 is 0. The van der Waals surface area contributed by atoms with Crippen molar-refractivity contribution >= 4 is 16.8 Å². The van der Waals surface area contributed by atoms with E-state index in [0.29, 0.717) is 13.0 Å². The van der Waals surface area contributed by atoms with Crippen LogP contribution >= 0.6 is 0 Å². The number of amides is 1. The van der Waals surface area contributed by atoms with Gasteiger partial charge in [0.25, 0.3) is 0 Å². The van der Waals surface area contributed by atoms with Gasteiger partial charge in [0.15, 0.2) is 0 Å². The highest BCUT2D eigenvalue weighted by Crippen LogP contribution is 2.18. The second-order valence-electron chi connectivity index (χ2n) is 5.15. The quantitative estimate of drug-likeness (QED) is 0.754. The lowest BCUT2D eigenvalue weighted by Crippen LogP contribution is -2.22. The van der Waals surface area contributed by atoms with Crippen molar-refractivity contribution in [3.8, 4) is 0 Å². The van der Waals surface area contributed by atoms with Crippen LogP contribution in [0.2, 0.25) is 0 Å². The van der Waals surface area contributed by atoms with Crippen molar-refractivity contribution in [2.75, 3.05) is 0 Å². The third-order valence-corrected chi connectivity index (χ3v) is 3.55. The average Bonchev–Trinajstić information content (AvgIpc) is 3.09. The number of aromatic nitrogens is 1. The first-order chi connectivity index (χ1) is 10.2. The van der Waals surface area contributed by atoms with Crippen LogP contribution in [0.5, 0.6) is 0 Å². The highest BCUT2D eigenvalue weighted by molar-refractivity contribution is 5.84. The minimum Gasteiger partial charge on any atom is -0.465 e. The van der Waals surface area contributed by atoms with E-state index in [4.69, 9.17) is 4.42 Å². The second kappa shape index (κ2) is 5.87. The van der Waals surface area contributed by atoms with Crippen LogP contribution in [0.3, 0.4) is 0 Å². The SMILES string of the molecule is Cc1ccc(CNC(=O)CCc2c[nH]c3ccccc23)o1. The molecule has 0 aliphatic heterocycles. The van der Waals surface area contributed by atoms with E-state index >= 15 is 0 Å². The first-order valence-corrected chi connectivity index (χ1v) is 7.09. The summed E-state index contributed by atoms with van der Waals surface area (Å²) in [6, 6.07) is 11.9. The first kappa shape index (κ1) is 13.5. The number of rotatable bonds is 5. The molecule has 21 heavy (non-hydrogen) atoms. The lowest BCUT2D eigenvalue weighted by molar-refractivity contribution is -0.121. The maximum atomic E-state index is 11.9. The number of fused-ring (bicyclic) bond motifs is 1. The molecule has 0 spiro atoms. The van der Waals surface area contributed by atoms with E-state index in [0.717, 1.165) is 23.5 Å². The molecular formula is C17H18N2O2. The summed E-state index contributed by atoms with van der Waals surface area (Å²) in [4.78, 5) is 15.1. The van der Waals surface area contributed by atoms with Crippen LogP contribution in [0.1, 0.15) is 23.5 Å². The van der Waals surface area contributed by atoms with E-state index in [-0.39, 0.29) is 5.91 Å². The molecule has 1 amide bonds. The van der Waals surface area contributed by atoms with Crippen LogP contribution in [0.25, 0.3) is 10.9 Å². The molecule has 0 radical (unpaired) electrons. The van der Waals surface area contributed by atoms with Gasteiger partial charge in [-0.1, -0.05) is 18.2 Å². The van der Waals surface area contributed by atoms with Crippen LogP contribution in [-0.2, 0) is 17.8 Å². The number of benzene rings is 1. The molecule has 0 aliphatic carbocycles. The van der Waals surface area contributed by atoms with Gasteiger partial charge in [-0.25, -0.2) is 0 Å². The highest BCUT2D eigenvalue weighted by atomic mass is 16.3. The zero-order chi connectivity index (χ0) is 14.7. The zero-order valence-corrected chi connectivity index (χ0v) is 12.0. The Morgan fingerprint density at radius 1 is 1.24 bits per heavy atom. The van der Waals surface area contributed by atoms with Crippen molar-refractivity contribution in [2.24, 2.45) is 0 Å². The van der Waals surface area contributed by atoms with Gasteiger partial charge in [-0.15, -0.1) is 0 Å². The number of aryl methyl sites for hydroxylation is 2. The van der Waals surface area contributed by atoms with E-state index in [1.807, 2.05) is 43.5 Å². The van der Waals surface area contributed by atoms with Gasteiger partial charge < -0.3 is 14.7 Å². The lowest BCUT2D eigenvalue weighted by atomic mass is 10.1. The molecule has 3 aromatic rings. The van der Waals surface area contributed by atoms with Gasteiger partial charge in [-0.3, -0.25) is 4.79 Å². The molecule has 0 saturated carbocycles. The van der Waals surface area contributed by atoms with Crippen molar-refractivity contribution in [2.45, 2.75) is 26.3 Å². The van der Waals surface area contributed by atoms with E-state index in [1.54, 1.807) is 0 Å². The summed E-state index contributed by atoms with van der Waals surface area (Å²) < 4.78 is 5.42. The number of hydrogen-bond acceptors (Lipinski definition) is 2. The van der Waals surface area contributed by atoms with E-state index < -0.39 is 0 Å². The molecule has 3 rings (SSSR count). The fourth-order valence-electron chi connectivity index (χ4n) is 2.44. The van der Waals surface area contributed by atoms with Crippen molar-refractivity contribution < 1.29 is 9.21 Å². The van der Waals surface area contributed by atoms with Crippen LogP contribution < -0.4 is 5.32 Å². The third-order valence-electron chi connectivity index (χ3n) is 3.55. The van der Waals surface area contributed by atoms with Gasteiger partial charge in [0.2, 0.25) is 5.91 Å². The Hall–Kier alpha value is -2.49. The summed E-state index contributed by atoms with van der Waals surface area (Å²) in [5.41, 5.74) is 2.29. The number of para-hydroxylation sites is 1. The van der Waals surface area contributed by atoms with Gasteiger partial charge in [0, 0.05) is 23.5 Å². The minimum atomic E-state index is 0.0364. The Balaban J connectivity index is 1.54. The summed E-state index contributed by atoms with van der Waals surface area (Å²) in [7, 11) is 0. The van der Waals surface area contributed by atoms with Crippen molar-refractivity contribution in [3.05, 3.63) is 59.7 Å². The van der Waals surface area contributed by atoms with E-state index in [9.17, 15) is 4.79 Å². The molecule has 2 heterocycles. The Bertz CT molecular complexity index is 755. The van der Waals surface area contributed by atoms with Crippen molar-refractivity contribution in [1.29, 1.82) is 0 Å². The maximum Gasteiger partial charge on any atom is 0.220 e. The largest absolute Gasteiger partial charge is 0.465 e. The van der Waals surface area contributed by atoms with Gasteiger partial charge in [-0.2, -0.15) is 0 Å². The molecule has 0 bridgehead atoms. The number of nitrogens with one attached hydrogen (secondary N) is 2. The van der Waals surface area contributed by atoms with E-state index in [2.05, 4.69) is 16.4 Å². The molecule has 2 N–H and O–H groups in total. The van der Waals surface area contributed by atoms with Crippen LogP contribution in [-0.4, -0.2) is 10.9 Å². The maximum absolute atomic E-state index is 11.9. The number of aromatic amines is 1. The highest BCUT2D eigenvalue weighted by Gasteiger charge is 2.07. The van der Waals surface area contributed by atoms with Crippen molar-refractivity contribution in [1.82, 2.24) is 10.3 Å². The normalized spacial score (nSPS) is 10.9. The number of H-pyrrole nitrogens is 1. The monoisotopic (exact) mass is 282 g/mol. The molecule has 4 heteroatoms. The summed E-state index contributed by atoms with van der Waals surface area (Å²) in [6.45, 7) is 2.34. The Morgan fingerprint density at radius 2 is 2.10 bits per heavy atom. The second-order valence-corrected chi connectivity index (χ2v) is 5.15. The third kappa shape index (κ3) is 3.16. The fourth-order valence-corrected chi connectivity index (χ4v) is 2.44. The number of hydrogen-bond donors (Lipinski definition) is 2. The van der Waals surface area contributed by atoms with Crippen LogP contribution in [0.4, 0.5) is 0 Å². The molecule has 1 aromatic carbocycles. The fraction of sp³-hybridized carbons (Fsp3) is 0.235. The number of carbonyl (C=O) groups is 1. The molecule has 2 aromatic heterocycles. The number of furan rings is 1. The Morgan fingerprint density at radius 3 is 2.90 bits per heavy atom. The van der Waals surface area contributed by atoms with Crippen LogP contribution in [0, 0.1) is 6.92 Å². The predicted octanol–water partition coefficient (Wildman–Crippen LogP) is 3.32. The zero-order valence-electron chi connectivity index (χ0n) is 12.0. The summed E-state index contributed by atoms with van der Waals surface area (Å²) in [5, 5.41) is 4.07.